The number of nitrogens with zero attached hydrogens (tertiary/aromatic N) is 5. The third kappa shape index (κ3) is 8.10. The van der Waals surface area contributed by atoms with Gasteiger partial charge in [0.25, 0.3) is 0 Å². The number of aromatic nitrogens is 5. The molecular weight excluding hydrogens is 548 g/mol. The molecule has 13 heteroatoms. The first kappa shape index (κ1) is 29.2. The molecule has 3 heterocycles. The number of aryl methyl sites for hydroxylation is 1. The van der Waals surface area contributed by atoms with E-state index >= 15 is 0 Å². The molecule has 0 radical (unpaired) electrons. The molecule has 4 aromatic rings. The van der Waals surface area contributed by atoms with Crippen LogP contribution in [0.4, 0.5) is 5.69 Å². The second-order valence-electron chi connectivity index (χ2n) is 10.7. The molecule has 1 N–H and O–H groups in total. The van der Waals surface area contributed by atoms with Crippen molar-refractivity contribution >= 4 is 40.7 Å². The van der Waals surface area contributed by atoms with E-state index in [1.165, 1.54) is 18.5 Å². The van der Waals surface area contributed by atoms with Crippen LogP contribution in [0.15, 0.2) is 61.7 Å². The summed E-state index contributed by atoms with van der Waals surface area (Å²) in [6.07, 6.45) is 9.30. The van der Waals surface area contributed by atoms with Crippen LogP contribution in [0.2, 0.25) is 25.7 Å². The maximum absolute atomic E-state index is 11.7. The van der Waals surface area contributed by atoms with Gasteiger partial charge in [0, 0.05) is 56.2 Å². The lowest BCUT2D eigenvalue weighted by molar-refractivity contribution is -0.111. The van der Waals surface area contributed by atoms with Gasteiger partial charge in [-0.3, -0.25) is 9.48 Å². The molecule has 0 saturated carbocycles. The second-order valence-corrected chi connectivity index (χ2v) is 18.6. The molecule has 0 aliphatic rings. The van der Waals surface area contributed by atoms with Crippen molar-refractivity contribution in [2.75, 3.05) is 23.9 Å². The third-order valence-corrected chi connectivity index (χ3v) is 8.54. The van der Waals surface area contributed by atoms with E-state index in [0.717, 1.165) is 17.2 Å². The molecule has 0 saturated heterocycles. The van der Waals surface area contributed by atoms with E-state index in [-0.39, 0.29) is 24.1 Å². The molecular formula is C27H34N6O5SSi. The lowest BCUT2D eigenvalue weighted by Crippen LogP contribution is -2.22. The van der Waals surface area contributed by atoms with Crippen LogP contribution in [0.3, 0.4) is 0 Å². The van der Waals surface area contributed by atoms with Gasteiger partial charge in [-0.2, -0.15) is 5.10 Å². The van der Waals surface area contributed by atoms with Crippen molar-refractivity contribution in [3.05, 3.63) is 61.7 Å². The molecule has 3 aromatic heterocycles. The van der Waals surface area contributed by atoms with Crippen molar-refractivity contribution in [2.24, 2.45) is 0 Å². The Kier molecular flexibility index (Phi) is 8.86. The van der Waals surface area contributed by atoms with Gasteiger partial charge in [0.2, 0.25) is 11.8 Å². The summed E-state index contributed by atoms with van der Waals surface area (Å²) in [6.45, 7) is 11.6. The quantitative estimate of drug-likeness (QED) is 0.138. The van der Waals surface area contributed by atoms with Gasteiger partial charge in [-0.25, -0.2) is 18.4 Å². The molecule has 0 bridgehead atoms. The summed E-state index contributed by atoms with van der Waals surface area (Å²) < 4.78 is 38.7. The Morgan fingerprint density at radius 1 is 1.20 bits per heavy atom. The van der Waals surface area contributed by atoms with Gasteiger partial charge in [-0.15, -0.1) is 0 Å². The van der Waals surface area contributed by atoms with Crippen LogP contribution in [-0.2, 0) is 32.6 Å². The standard InChI is InChI=1S/C27H34N6O5SSi/c1-6-24(34)30-21-8-7-9-22(14-21)38-25-16-28-27-26(31-25)23(18-32(27)19-37-11-13-40(3,4)5)20-15-29-33(17-20)10-12-39(2,35)36/h6-9,14-18H,1,10-13,19H2,2-5H3,(H,30,34). The highest BCUT2D eigenvalue weighted by Gasteiger charge is 2.18. The van der Waals surface area contributed by atoms with Crippen molar-refractivity contribution in [2.45, 2.75) is 39.0 Å². The fourth-order valence-electron chi connectivity index (χ4n) is 3.77. The SMILES string of the molecule is C=CC(=O)Nc1cccc(Oc2cnc3c(n2)c(-c2cnn(CCS(C)(=O)=O)c2)cn3COCC[Si](C)(C)C)c1. The first-order valence-electron chi connectivity index (χ1n) is 12.8. The summed E-state index contributed by atoms with van der Waals surface area (Å²) in [5.41, 5.74) is 3.29. The van der Waals surface area contributed by atoms with Gasteiger partial charge in [0.15, 0.2) is 5.65 Å². The van der Waals surface area contributed by atoms with Crippen molar-refractivity contribution in [3.63, 3.8) is 0 Å². The van der Waals surface area contributed by atoms with Gasteiger partial charge in [-0.1, -0.05) is 32.3 Å². The fourth-order valence-corrected chi connectivity index (χ4v) is 5.05. The van der Waals surface area contributed by atoms with E-state index in [2.05, 4.69) is 41.6 Å². The summed E-state index contributed by atoms with van der Waals surface area (Å²) >= 11 is 0. The lowest BCUT2D eigenvalue weighted by atomic mass is 10.2. The Balaban J connectivity index is 1.64. The van der Waals surface area contributed by atoms with Crippen LogP contribution in [0.5, 0.6) is 11.6 Å². The highest BCUT2D eigenvalue weighted by molar-refractivity contribution is 7.90. The van der Waals surface area contributed by atoms with Gasteiger partial charge in [0.05, 0.1) is 24.7 Å². The van der Waals surface area contributed by atoms with E-state index in [0.29, 0.717) is 35.9 Å². The van der Waals surface area contributed by atoms with E-state index in [1.54, 1.807) is 41.3 Å². The van der Waals surface area contributed by atoms with Crippen molar-refractivity contribution < 1.29 is 22.7 Å². The van der Waals surface area contributed by atoms with Gasteiger partial charge in [0.1, 0.15) is 27.8 Å². The zero-order chi connectivity index (χ0) is 28.9. The van der Waals surface area contributed by atoms with Crippen LogP contribution in [0, 0.1) is 0 Å². The summed E-state index contributed by atoms with van der Waals surface area (Å²) in [7, 11) is -4.36. The topological polar surface area (TPSA) is 130 Å². The van der Waals surface area contributed by atoms with Crippen LogP contribution in [0.1, 0.15) is 0 Å². The number of hydrogen-bond donors (Lipinski definition) is 1. The van der Waals surface area contributed by atoms with Crippen LogP contribution < -0.4 is 10.1 Å². The van der Waals surface area contributed by atoms with Crippen LogP contribution >= 0.6 is 0 Å². The predicted octanol–water partition coefficient (Wildman–Crippen LogP) is 4.57. The Morgan fingerprint density at radius 2 is 2.00 bits per heavy atom. The zero-order valence-corrected chi connectivity index (χ0v) is 24.9. The number of hydrogen-bond acceptors (Lipinski definition) is 8. The molecule has 1 aromatic carbocycles. The smallest absolute Gasteiger partial charge is 0.247 e. The minimum Gasteiger partial charge on any atom is -0.437 e. The average molecular weight is 583 g/mol. The van der Waals surface area contributed by atoms with Crippen LogP contribution in [-0.4, -0.2) is 65.3 Å². The summed E-state index contributed by atoms with van der Waals surface area (Å²) in [5.74, 6) is 0.404. The maximum Gasteiger partial charge on any atom is 0.247 e. The third-order valence-electron chi connectivity index (χ3n) is 5.91. The number of rotatable bonds is 13. The molecule has 40 heavy (non-hydrogen) atoms. The molecule has 0 spiro atoms. The Labute approximate surface area is 234 Å². The van der Waals surface area contributed by atoms with Crippen LogP contribution in [0.25, 0.3) is 22.3 Å². The monoisotopic (exact) mass is 582 g/mol. The number of benzene rings is 1. The number of carbonyl (C=O) groups excluding carboxylic acids is 1. The number of ether oxygens (including phenoxy) is 2. The van der Waals surface area contributed by atoms with Crippen molar-refractivity contribution in [1.82, 2.24) is 24.3 Å². The number of carbonyl (C=O) groups is 1. The van der Waals surface area contributed by atoms with Gasteiger partial charge < -0.3 is 19.4 Å². The number of sulfone groups is 1. The van der Waals surface area contributed by atoms with E-state index in [9.17, 15) is 13.2 Å². The summed E-state index contributed by atoms with van der Waals surface area (Å²) in [6, 6.07) is 7.97. The maximum atomic E-state index is 11.7. The minimum atomic E-state index is -3.12. The van der Waals surface area contributed by atoms with E-state index in [4.69, 9.17) is 14.5 Å². The lowest BCUT2D eigenvalue weighted by Gasteiger charge is -2.15. The average Bonchev–Trinajstić information content (AvgIpc) is 3.49. The molecule has 4 rings (SSSR count). The Bertz CT molecular complexity index is 1620. The summed E-state index contributed by atoms with van der Waals surface area (Å²) in [4.78, 5) is 21.0. The molecule has 0 aliphatic heterocycles. The number of amides is 1. The molecule has 0 fully saturated rings. The van der Waals surface area contributed by atoms with E-state index in [1.807, 2.05) is 10.8 Å². The second kappa shape index (κ2) is 12.1. The van der Waals surface area contributed by atoms with E-state index < -0.39 is 17.9 Å². The number of nitrogens with one attached hydrogen (secondary N) is 1. The van der Waals surface area contributed by atoms with Crippen molar-refractivity contribution in [3.8, 4) is 22.8 Å². The first-order valence-corrected chi connectivity index (χ1v) is 18.5. The zero-order valence-electron chi connectivity index (χ0n) is 23.1. The molecule has 0 atom stereocenters. The molecule has 0 aliphatic carbocycles. The molecule has 1 amide bonds. The fraction of sp³-hybridized carbons (Fsp3) is 0.333. The minimum absolute atomic E-state index is 0.00901. The summed E-state index contributed by atoms with van der Waals surface area (Å²) in [5, 5.41) is 7.04. The normalized spacial score (nSPS) is 12.0. The highest BCUT2D eigenvalue weighted by Crippen LogP contribution is 2.31. The molecule has 11 nitrogen and oxygen atoms in total. The number of fused-ring (bicyclic) bond motifs is 1. The first-order chi connectivity index (χ1) is 18.9. The number of anilines is 1. The predicted molar refractivity (Wildman–Crippen MR) is 158 cm³/mol. The Hall–Kier alpha value is -3.81. The molecule has 212 valence electrons. The highest BCUT2D eigenvalue weighted by atomic mass is 32.2. The largest absolute Gasteiger partial charge is 0.437 e. The molecule has 0 unspecified atom stereocenters. The van der Waals surface area contributed by atoms with Gasteiger partial charge >= 0.3 is 0 Å². The van der Waals surface area contributed by atoms with Crippen molar-refractivity contribution in [1.29, 1.82) is 0 Å². The Morgan fingerprint density at radius 3 is 2.73 bits per heavy atom. The van der Waals surface area contributed by atoms with Gasteiger partial charge in [-0.05, 0) is 24.3 Å².